The minimum Gasteiger partial charge on any atom is -0.313 e. The molecule has 1 aliphatic carbocycles. The Morgan fingerprint density at radius 1 is 1.26 bits per heavy atom. The summed E-state index contributed by atoms with van der Waals surface area (Å²) in [6.07, 6.45) is 11.7. The lowest BCUT2D eigenvalue weighted by molar-refractivity contribution is 0.0749. The predicted octanol–water partition coefficient (Wildman–Crippen LogP) is 4.04. The number of thiophene rings is 1. The number of fused-ring (bicyclic) bond motifs is 1. The molecule has 1 saturated heterocycles. The van der Waals surface area contributed by atoms with Gasteiger partial charge in [-0.1, -0.05) is 12.2 Å². The summed E-state index contributed by atoms with van der Waals surface area (Å²) in [6.45, 7) is 2.86. The van der Waals surface area contributed by atoms with Crippen LogP contribution in [0.1, 0.15) is 53.8 Å². The average molecular weight is 328 g/mol. The van der Waals surface area contributed by atoms with Gasteiger partial charge in [0.2, 0.25) is 0 Å². The zero-order valence-electron chi connectivity index (χ0n) is 13.5. The van der Waals surface area contributed by atoms with Crippen molar-refractivity contribution in [1.82, 2.24) is 10.2 Å². The van der Waals surface area contributed by atoms with Crippen molar-refractivity contribution in [2.24, 2.45) is 5.92 Å². The highest BCUT2D eigenvalue weighted by atomic mass is 32.1. The molecule has 3 aliphatic rings. The molecule has 0 saturated carbocycles. The number of carbonyl (C=O) groups excluding carboxylic acids is 1. The number of carbonyl (C=O) groups is 1. The Balaban J connectivity index is 1.55. The van der Waals surface area contributed by atoms with E-state index in [-0.39, 0.29) is 5.91 Å². The van der Waals surface area contributed by atoms with E-state index in [2.05, 4.69) is 28.4 Å². The molecule has 1 amide bonds. The van der Waals surface area contributed by atoms with Gasteiger partial charge in [0, 0.05) is 29.0 Å². The molecule has 1 fully saturated rings. The number of rotatable bonds is 2. The fourth-order valence-electron chi connectivity index (χ4n) is 4.01. The van der Waals surface area contributed by atoms with Crippen molar-refractivity contribution in [3.05, 3.63) is 39.7 Å². The van der Waals surface area contributed by atoms with Gasteiger partial charge in [0.25, 0.3) is 5.91 Å². The molecule has 0 bridgehead atoms. The third-order valence-corrected chi connectivity index (χ3v) is 6.25. The summed E-state index contributed by atoms with van der Waals surface area (Å²) in [7, 11) is 0. The van der Waals surface area contributed by atoms with Crippen molar-refractivity contribution in [3.63, 3.8) is 0 Å². The fourth-order valence-corrected chi connectivity index (χ4v) is 4.97. The third kappa shape index (κ3) is 3.02. The second kappa shape index (κ2) is 6.62. The van der Waals surface area contributed by atoms with E-state index >= 15 is 0 Å². The minimum atomic E-state index is 0.208. The number of nitrogens with zero attached hydrogens (tertiary/aromatic N) is 1. The molecule has 4 heteroatoms. The highest BCUT2D eigenvalue weighted by Gasteiger charge is 2.31. The highest BCUT2D eigenvalue weighted by Crippen LogP contribution is 2.36. The van der Waals surface area contributed by atoms with Crippen LogP contribution in [0.2, 0.25) is 0 Å². The number of hydrogen-bond donors (Lipinski definition) is 1. The Morgan fingerprint density at radius 3 is 3.04 bits per heavy atom. The first kappa shape index (κ1) is 15.2. The minimum absolute atomic E-state index is 0.208. The second-order valence-corrected chi connectivity index (χ2v) is 7.65. The summed E-state index contributed by atoms with van der Waals surface area (Å²) in [5.41, 5.74) is 3.57. The quantitative estimate of drug-likeness (QED) is 0.888. The summed E-state index contributed by atoms with van der Waals surface area (Å²) in [5.74, 6) is 0.826. The Bertz CT molecular complexity index is 658. The van der Waals surface area contributed by atoms with Gasteiger partial charge in [0.1, 0.15) is 0 Å². The highest BCUT2D eigenvalue weighted by molar-refractivity contribution is 7.11. The van der Waals surface area contributed by atoms with Gasteiger partial charge in [-0.3, -0.25) is 4.79 Å². The van der Waals surface area contributed by atoms with Crippen molar-refractivity contribution < 1.29 is 4.79 Å². The normalized spacial score (nSPS) is 24.7. The molecule has 122 valence electrons. The van der Waals surface area contributed by atoms with E-state index in [0.29, 0.717) is 5.92 Å². The standard InChI is InChI=1S/C19H24N2OS/c22-19(21-11-3-5-14-4-1-2-6-17(14)21)16-12-18(23-13-16)15-7-9-20-10-8-15/h6-7,12-14,20H,1-5,8-11H2. The summed E-state index contributed by atoms with van der Waals surface area (Å²) >= 11 is 1.71. The zero-order chi connectivity index (χ0) is 15.6. The van der Waals surface area contributed by atoms with Crippen molar-refractivity contribution in [2.75, 3.05) is 19.6 Å². The van der Waals surface area contributed by atoms with Gasteiger partial charge in [-0.15, -0.1) is 11.3 Å². The number of hydrogen-bond acceptors (Lipinski definition) is 3. The van der Waals surface area contributed by atoms with Gasteiger partial charge < -0.3 is 10.2 Å². The van der Waals surface area contributed by atoms with E-state index < -0.39 is 0 Å². The van der Waals surface area contributed by atoms with E-state index in [0.717, 1.165) is 44.5 Å². The molecule has 3 nitrogen and oxygen atoms in total. The van der Waals surface area contributed by atoms with Gasteiger partial charge in [0.15, 0.2) is 0 Å². The number of amides is 1. The summed E-state index contributed by atoms with van der Waals surface area (Å²) in [4.78, 5) is 16.3. The number of piperidine rings is 1. The van der Waals surface area contributed by atoms with Crippen LogP contribution in [0.4, 0.5) is 0 Å². The molecule has 3 heterocycles. The molecule has 1 unspecified atom stereocenters. The van der Waals surface area contributed by atoms with Gasteiger partial charge in [-0.25, -0.2) is 0 Å². The molecule has 23 heavy (non-hydrogen) atoms. The van der Waals surface area contributed by atoms with Crippen molar-refractivity contribution in [2.45, 2.75) is 38.5 Å². The van der Waals surface area contributed by atoms with Crippen LogP contribution in [0, 0.1) is 5.92 Å². The van der Waals surface area contributed by atoms with E-state index in [9.17, 15) is 4.79 Å². The molecular formula is C19H24N2OS. The Hall–Kier alpha value is -1.39. The molecule has 1 atom stereocenters. The van der Waals surface area contributed by atoms with Crippen LogP contribution in [0.5, 0.6) is 0 Å². The first-order valence-electron chi connectivity index (χ1n) is 8.83. The molecule has 1 aromatic rings. The van der Waals surface area contributed by atoms with Gasteiger partial charge in [0.05, 0.1) is 5.56 Å². The zero-order valence-corrected chi connectivity index (χ0v) is 14.3. The lowest BCUT2D eigenvalue weighted by atomic mass is 9.84. The van der Waals surface area contributed by atoms with Gasteiger partial charge in [-0.2, -0.15) is 0 Å². The largest absolute Gasteiger partial charge is 0.313 e. The maximum Gasteiger partial charge on any atom is 0.258 e. The maximum absolute atomic E-state index is 13.0. The third-order valence-electron chi connectivity index (χ3n) is 5.25. The van der Waals surface area contributed by atoms with Crippen LogP contribution in [0.3, 0.4) is 0 Å². The summed E-state index contributed by atoms with van der Waals surface area (Å²) in [5, 5.41) is 5.39. The topological polar surface area (TPSA) is 32.3 Å². The van der Waals surface area contributed by atoms with Crippen LogP contribution < -0.4 is 5.32 Å². The molecule has 4 rings (SSSR count). The lowest BCUT2D eigenvalue weighted by Crippen LogP contribution is -2.38. The molecule has 0 spiro atoms. The van der Waals surface area contributed by atoms with Crippen LogP contribution in [0.25, 0.3) is 5.57 Å². The Morgan fingerprint density at radius 2 is 2.17 bits per heavy atom. The molecule has 2 aliphatic heterocycles. The van der Waals surface area contributed by atoms with Crippen molar-refractivity contribution in [1.29, 1.82) is 0 Å². The van der Waals surface area contributed by atoms with Crippen molar-refractivity contribution >= 4 is 22.8 Å². The monoisotopic (exact) mass is 328 g/mol. The first-order chi connectivity index (χ1) is 11.3. The molecule has 1 N–H and O–H groups in total. The molecular weight excluding hydrogens is 304 g/mol. The molecule has 1 aromatic heterocycles. The van der Waals surface area contributed by atoms with E-state index in [1.54, 1.807) is 11.3 Å². The van der Waals surface area contributed by atoms with Gasteiger partial charge in [-0.05, 0) is 62.6 Å². The number of likely N-dealkylation sites (tertiary alicyclic amines) is 1. The van der Waals surface area contributed by atoms with Gasteiger partial charge >= 0.3 is 0 Å². The maximum atomic E-state index is 13.0. The van der Waals surface area contributed by atoms with Crippen LogP contribution in [0.15, 0.2) is 29.3 Å². The fraction of sp³-hybridized carbons (Fsp3) is 0.526. The lowest BCUT2D eigenvalue weighted by Gasteiger charge is -2.37. The van der Waals surface area contributed by atoms with E-state index in [1.807, 2.05) is 5.38 Å². The van der Waals surface area contributed by atoms with E-state index in [1.165, 1.54) is 35.4 Å². The predicted molar refractivity (Wildman–Crippen MR) is 95.5 cm³/mol. The first-order valence-corrected chi connectivity index (χ1v) is 9.71. The SMILES string of the molecule is O=C(c1csc(C2=CCNCC2)c1)N1CCCC2CCCC=C21. The van der Waals surface area contributed by atoms with Crippen molar-refractivity contribution in [3.8, 4) is 0 Å². The van der Waals surface area contributed by atoms with Crippen LogP contribution in [-0.2, 0) is 0 Å². The Labute approximate surface area is 142 Å². The smallest absolute Gasteiger partial charge is 0.258 e. The molecule has 0 aromatic carbocycles. The second-order valence-electron chi connectivity index (χ2n) is 6.74. The van der Waals surface area contributed by atoms with Crippen LogP contribution >= 0.6 is 11.3 Å². The number of allylic oxidation sites excluding steroid dienone is 2. The van der Waals surface area contributed by atoms with E-state index in [4.69, 9.17) is 0 Å². The number of nitrogens with one attached hydrogen (secondary N) is 1. The molecule has 0 radical (unpaired) electrons. The Kier molecular flexibility index (Phi) is 4.36. The summed E-state index contributed by atoms with van der Waals surface area (Å²) in [6, 6.07) is 2.11. The summed E-state index contributed by atoms with van der Waals surface area (Å²) < 4.78 is 0. The average Bonchev–Trinajstić information content (AvgIpc) is 3.11. The van der Waals surface area contributed by atoms with Crippen LogP contribution in [-0.4, -0.2) is 30.4 Å².